The van der Waals surface area contributed by atoms with E-state index in [9.17, 15) is 19.2 Å². The average molecular weight is 411 g/mol. The number of ether oxygens (including phenoxy) is 4. The van der Waals surface area contributed by atoms with Gasteiger partial charge in [0, 0.05) is 30.8 Å². The molecule has 0 bridgehead atoms. The maximum Gasteiger partial charge on any atom is 0.331 e. The zero-order valence-corrected chi connectivity index (χ0v) is 17.0. The van der Waals surface area contributed by atoms with E-state index < -0.39 is 30.0 Å². The predicted molar refractivity (Wildman–Crippen MR) is 103 cm³/mol. The highest BCUT2D eigenvalue weighted by Crippen LogP contribution is 2.10. The molecule has 0 aromatic carbocycles. The number of hydrogen-bond donors (Lipinski definition) is 0. The summed E-state index contributed by atoms with van der Waals surface area (Å²) in [5.41, 5.74) is 0. The Hall–Kier alpha value is -2.68. The molecule has 0 aromatic heterocycles. The standard InChI is InChI=1S/C20H29NO8/c1-3-26-17(22)8-9-19(24)28-15-16(14-21-12-6-5-7-13-21)29-20(25)11-10-18(23)27-4-2/h8-11,16H,3-7,12-15H2,1-2H3/b9-8+,11-10+. The summed E-state index contributed by atoms with van der Waals surface area (Å²) in [5, 5.41) is 0. The van der Waals surface area contributed by atoms with Gasteiger partial charge in [0.05, 0.1) is 13.2 Å². The highest BCUT2D eigenvalue weighted by molar-refractivity contribution is 5.92. The molecule has 0 N–H and O–H groups in total. The smallest absolute Gasteiger partial charge is 0.331 e. The number of rotatable bonds is 11. The Kier molecular flexibility index (Phi) is 12.0. The van der Waals surface area contributed by atoms with Crippen molar-refractivity contribution < 1.29 is 38.1 Å². The SMILES string of the molecule is CCOC(=O)/C=C/C(=O)OCC(CN1CCCCC1)OC(=O)/C=C/C(=O)OCC. The Balaban J connectivity index is 2.60. The van der Waals surface area contributed by atoms with Crippen LogP contribution in [0.2, 0.25) is 0 Å². The van der Waals surface area contributed by atoms with Gasteiger partial charge in [0.25, 0.3) is 0 Å². The van der Waals surface area contributed by atoms with Gasteiger partial charge < -0.3 is 18.9 Å². The van der Waals surface area contributed by atoms with Crippen LogP contribution < -0.4 is 0 Å². The number of nitrogens with zero attached hydrogens (tertiary/aromatic N) is 1. The van der Waals surface area contributed by atoms with Gasteiger partial charge in [0.1, 0.15) is 12.7 Å². The maximum atomic E-state index is 12.0. The normalized spacial score (nSPS) is 15.8. The van der Waals surface area contributed by atoms with Crippen molar-refractivity contribution in [3.8, 4) is 0 Å². The van der Waals surface area contributed by atoms with Crippen molar-refractivity contribution in [3.63, 3.8) is 0 Å². The number of carbonyl (C=O) groups is 4. The van der Waals surface area contributed by atoms with Gasteiger partial charge in [-0.1, -0.05) is 6.42 Å². The first kappa shape index (κ1) is 24.4. The van der Waals surface area contributed by atoms with E-state index in [1.807, 2.05) is 0 Å². The van der Waals surface area contributed by atoms with Gasteiger partial charge in [-0.25, -0.2) is 19.2 Å². The fourth-order valence-corrected chi connectivity index (χ4v) is 2.63. The third-order valence-corrected chi connectivity index (χ3v) is 3.89. The summed E-state index contributed by atoms with van der Waals surface area (Å²) in [6, 6.07) is 0. The summed E-state index contributed by atoms with van der Waals surface area (Å²) < 4.78 is 19.8. The second-order valence-electron chi connectivity index (χ2n) is 6.22. The molecule has 1 atom stereocenters. The third-order valence-electron chi connectivity index (χ3n) is 3.89. The molecule has 0 saturated carbocycles. The molecule has 9 nitrogen and oxygen atoms in total. The number of hydrogen-bond acceptors (Lipinski definition) is 9. The van der Waals surface area contributed by atoms with Crippen molar-refractivity contribution in [2.24, 2.45) is 0 Å². The van der Waals surface area contributed by atoms with Gasteiger partial charge in [-0.3, -0.25) is 4.90 Å². The minimum Gasteiger partial charge on any atom is -0.463 e. The van der Waals surface area contributed by atoms with Crippen molar-refractivity contribution in [2.45, 2.75) is 39.2 Å². The van der Waals surface area contributed by atoms with Crippen molar-refractivity contribution >= 4 is 23.9 Å². The molecule has 1 saturated heterocycles. The van der Waals surface area contributed by atoms with Gasteiger partial charge in [-0.05, 0) is 39.8 Å². The fraction of sp³-hybridized carbons (Fsp3) is 0.600. The van der Waals surface area contributed by atoms with Crippen LogP contribution in [0.4, 0.5) is 0 Å². The molecule has 0 radical (unpaired) electrons. The van der Waals surface area contributed by atoms with E-state index in [0.717, 1.165) is 56.7 Å². The quantitative estimate of drug-likeness (QED) is 0.281. The zero-order chi connectivity index (χ0) is 21.5. The van der Waals surface area contributed by atoms with Gasteiger partial charge >= 0.3 is 23.9 Å². The van der Waals surface area contributed by atoms with Crippen LogP contribution in [0.1, 0.15) is 33.1 Å². The summed E-state index contributed by atoms with van der Waals surface area (Å²) in [6.45, 7) is 5.65. The molecule has 1 fully saturated rings. The lowest BCUT2D eigenvalue weighted by atomic mass is 10.1. The van der Waals surface area contributed by atoms with Gasteiger partial charge in [0.2, 0.25) is 0 Å². The lowest BCUT2D eigenvalue weighted by molar-refractivity contribution is -0.154. The Morgan fingerprint density at radius 1 is 0.759 bits per heavy atom. The largest absolute Gasteiger partial charge is 0.463 e. The van der Waals surface area contributed by atoms with Crippen molar-refractivity contribution in [3.05, 3.63) is 24.3 Å². The van der Waals surface area contributed by atoms with Crippen molar-refractivity contribution in [1.82, 2.24) is 4.90 Å². The van der Waals surface area contributed by atoms with Crippen molar-refractivity contribution in [2.75, 3.05) is 39.5 Å². The first-order chi connectivity index (χ1) is 13.9. The molecule has 162 valence electrons. The van der Waals surface area contributed by atoms with Crippen LogP contribution in [-0.2, 0) is 38.1 Å². The number of piperidine rings is 1. The van der Waals surface area contributed by atoms with Crippen LogP contribution in [0.5, 0.6) is 0 Å². The Morgan fingerprint density at radius 3 is 1.76 bits per heavy atom. The summed E-state index contributed by atoms with van der Waals surface area (Å²) >= 11 is 0. The molecule has 1 aliphatic rings. The maximum absolute atomic E-state index is 12.0. The molecule has 0 aromatic rings. The van der Waals surface area contributed by atoms with Crippen LogP contribution in [0, 0.1) is 0 Å². The lowest BCUT2D eigenvalue weighted by Gasteiger charge is -2.29. The predicted octanol–water partition coefficient (Wildman–Crippen LogP) is 1.17. The Bertz CT molecular complexity index is 608. The second kappa shape index (κ2) is 14.3. The van der Waals surface area contributed by atoms with E-state index in [0.29, 0.717) is 6.54 Å². The monoisotopic (exact) mass is 411 g/mol. The first-order valence-electron chi connectivity index (χ1n) is 9.74. The first-order valence-corrected chi connectivity index (χ1v) is 9.74. The second-order valence-corrected chi connectivity index (χ2v) is 6.22. The van der Waals surface area contributed by atoms with E-state index in [4.69, 9.17) is 14.2 Å². The summed E-state index contributed by atoms with van der Waals surface area (Å²) in [4.78, 5) is 48.4. The van der Waals surface area contributed by atoms with Gasteiger partial charge in [-0.2, -0.15) is 0 Å². The van der Waals surface area contributed by atoms with Gasteiger partial charge in [0.15, 0.2) is 0 Å². The molecule has 9 heteroatoms. The number of carbonyl (C=O) groups excluding carboxylic acids is 4. The highest BCUT2D eigenvalue weighted by atomic mass is 16.6. The highest BCUT2D eigenvalue weighted by Gasteiger charge is 2.21. The molecule has 0 aliphatic carbocycles. The molecule has 1 unspecified atom stereocenters. The van der Waals surface area contributed by atoms with Crippen LogP contribution in [0.25, 0.3) is 0 Å². The van der Waals surface area contributed by atoms with Crippen LogP contribution >= 0.6 is 0 Å². The fourth-order valence-electron chi connectivity index (χ4n) is 2.63. The molecular weight excluding hydrogens is 382 g/mol. The number of esters is 4. The summed E-state index contributed by atoms with van der Waals surface area (Å²) in [6.07, 6.45) is 6.42. The molecule has 0 amide bonds. The minimum atomic E-state index is -0.750. The minimum absolute atomic E-state index is 0.179. The van der Waals surface area contributed by atoms with E-state index >= 15 is 0 Å². The van der Waals surface area contributed by atoms with E-state index in [2.05, 4.69) is 9.64 Å². The molecule has 1 heterocycles. The van der Waals surface area contributed by atoms with E-state index in [1.165, 1.54) is 0 Å². The van der Waals surface area contributed by atoms with Crippen LogP contribution in [0.3, 0.4) is 0 Å². The molecule has 1 aliphatic heterocycles. The summed E-state index contributed by atoms with van der Waals surface area (Å²) in [5.74, 6) is -2.78. The van der Waals surface area contributed by atoms with E-state index in [-0.39, 0.29) is 19.8 Å². The molecule has 0 spiro atoms. The van der Waals surface area contributed by atoms with Crippen LogP contribution in [0.15, 0.2) is 24.3 Å². The Morgan fingerprint density at radius 2 is 1.24 bits per heavy atom. The van der Waals surface area contributed by atoms with Gasteiger partial charge in [-0.15, -0.1) is 0 Å². The molecular formula is C20H29NO8. The number of likely N-dealkylation sites (tertiary alicyclic amines) is 1. The zero-order valence-electron chi connectivity index (χ0n) is 17.0. The Labute approximate surface area is 170 Å². The third kappa shape index (κ3) is 11.7. The lowest BCUT2D eigenvalue weighted by Crippen LogP contribution is -2.40. The molecule has 29 heavy (non-hydrogen) atoms. The topological polar surface area (TPSA) is 108 Å². The average Bonchev–Trinajstić information content (AvgIpc) is 2.70. The van der Waals surface area contributed by atoms with Crippen LogP contribution in [-0.4, -0.2) is 74.3 Å². The molecule has 1 rings (SSSR count). The van der Waals surface area contributed by atoms with E-state index in [1.54, 1.807) is 13.8 Å². The summed E-state index contributed by atoms with van der Waals surface area (Å²) in [7, 11) is 0. The van der Waals surface area contributed by atoms with Crippen molar-refractivity contribution in [1.29, 1.82) is 0 Å².